The summed E-state index contributed by atoms with van der Waals surface area (Å²) in [7, 11) is -2.52. The highest BCUT2D eigenvalue weighted by Crippen LogP contribution is 2.38. The summed E-state index contributed by atoms with van der Waals surface area (Å²) in [6, 6.07) is 0. The van der Waals surface area contributed by atoms with E-state index in [9.17, 15) is 0 Å². The molecule has 0 bridgehead atoms. The van der Waals surface area contributed by atoms with E-state index >= 15 is 0 Å². The van der Waals surface area contributed by atoms with Crippen LogP contribution in [0.2, 0.25) is 5.54 Å². The van der Waals surface area contributed by atoms with E-state index in [1.807, 2.05) is 20.8 Å². The fraction of sp³-hybridized carbons (Fsp3) is 1.00. The van der Waals surface area contributed by atoms with Crippen molar-refractivity contribution in [2.45, 2.75) is 58.4 Å². The number of hydrogen-bond acceptors (Lipinski definition) is 4. The largest absolute Gasteiger partial charge is 0.504 e. The Bertz CT molecular complexity index is 213. The van der Waals surface area contributed by atoms with E-state index in [1.165, 1.54) is 32.1 Å². The van der Waals surface area contributed by atoms with Gasteiger partial charge < -0.3 is 18.0 Å². The van der Waals surface area contributed by atoms with Crippen molar-refractivity contribution in [1.29, 1.82) is 0 Å². The highest BCUT2D eigenvalue weighted by atomic mass is 28.4. The zero-order valence-electron chi connectivity index (χ0n) is 12.8. The lowest BCUT2D eigenvalue weighted by Crippen LogP contribution is -2.51. The second kappa shape index (κ2) is 9.88. The van der Waals surface area contributed by atoms with E-state index < -0.39 is 8.80 Å². The van der Waals surface area contributed by atoms with Crippen molar-refractivity contribution in [2.75, 3.05) is 33.0 Å². The second-order valence-corrected chi connectivity index (χ2v) is 7.74. The van der Waals surface area contributed by atoms with Crippen molar-refractivity contribution in [2.24, 2.45) is 0 Å². The van der Waals surface area contributed by atoms with Gasteiger partial charge in [0.1, 0.15) is 0 Å². The first-order valence-corrected chi connectivity index (χ1v) is 9.58. The summed E-state index contributed by atoms with van der Waals surface area (Å²) in [5.41, 5.74) is 0.475. The molecule has 0 amide bonds. The Morgan fingerprint density at radius 3 is 1.95 bits per heavy atom. The molecule has 0 spiro atoms. The average molecular weight is 290 g/mol. The molecule has 1 saturated carbocycles. The Morgan fingerprint density at radius 1 is 0.789 bits per heavy atom. The summed E-state index contributed by atoms with van der Waals surface area (Å²) < 4.78 is 23.5. The van der Waals surface area contributed by atoms with Gasteiger partial charge in [-0.1, -0.05) is 19.3 Å². The zero-order valence-corrected chi connectivity index (χ0v) is 13.8. The molecule has 114 valence electrons. The zero-order chi connectivity index (χ0) is 14.0. The molecule has 0 aromatic heterocycles. The van der Waals surface area contributed by atoms with Crippen LogP contribution in [-0.4, -0.2) is 41.8 Å². The Labute approximate surface area is 119 Å². The Balaban J connectivity index is 2.61. The molecule has 5 heteroatoms. The minimum atomic E-state index is -2.52. The van der Waals surface area contributed by atoms with Gasteiger partial charge in [-0.2, -0.15) is 0 Å². The minimum absolute atomic E-state index is 0.475. The molecular weight excluding hydrogens is 260 g/mol. The number of hydrogen-bond donors (Lipinski definition) is 0. The van der Waals surface area contributed by atoms with Crippen LogP contribution in [0.5, 0.6) is 0 Å². The van der Waals surface area contributed by atoms with E-state index in [2.05, 4.69) is 0 Å². The van der Waals surface area contributed by atoms with Gasteiger partial charge in [0.25, 0.3) is 0 Å². The van der Waals surface area contributed by atoms with E-state index in [0.717, 1.165) is 6.61 Å². The summed E-state index contributed by atoms with van der Waals surface area (Å²) in [6.07, 6.45) is 6.24. The van der Waals surface area contributed by atoms with Gasteiger partial charge in [0.15, 0.2) is 0 Å². The van der Waals surface area contributed by atoms with Crippen LogP contribution in [0.4, 0.5) is 0 Å². The SMILES string of the molecule is CCOCCO[Si](OCC)(OCC)C1CCCCC1. The van der Waals surface area contributed by atoms with Crippen LogP contribution in [0.25, 0.3) is 0 Å². The van der Waals surface area contributed by atoms with Gasteiger partial charge in [0.05, 0.1) is 13.2 Å². The van der Waals surface area contributed by atoms with Crippen LogP contribution in [0.15, 0.2) is 0 Å². The minimum Gasteiger partial charge on any atom is -0.379 e. The fourth-order valence-corrected chi connectivity index (χ4v) is 5.97. The summed E-state index contributed by atoms with van der Waals surface area (Å²) >= 11 is 0. The Hall–Kier alpha value is 0.0569. The van der Waals surface area contributed by atoms with Crippen molar-refractivity contribution in [3.8, 4) is 0 Å². The van der Waals surface area contributed by atoms with Crippen LogP contribution >= 0.6 is 0 Å². The third-order valence-electron chi connectivity index (χ3n) is 3.53. The lowest BCUT2D eigenvalue weighted by Gasteiger charge is -2.37. The van der Waals surface area contributed by atoms with Gasteiger partial charge >= 0.3 is 8.80 Å². The normalized spacial score (nSPS) is 17.8. The summed E-state index contributed by atoms with van der Waals surface area (Å²) in [4.78, 5) is 0. The Kier molecular flexibility index (Phi) is 8.90. The van der Waals surface area contributed by atoms with Gasteiger partial charge in [0, 0.05) is 25.4 Å². The van der Waals surface area contributed by atoms with Crippen molar-refractivity contribution < 1.29 is 18.0 Å². The fourth-order valence-electron chi connectivity index (χ4n) is 2.72. The van der Waals surface area contributed by atoms with E-state index in [4.69, 9.17) is 18.0 Å². The van der Waals surface area contributed by atoms with Crippen LogP contribution < -0.4 is 0 Å². The van der Waals surface area contributed by atoms with Crippen molar-refractivity contribution in [1.82, 2.24) is 0 Å². The molecule has 0 N–H and O–H groups in total. The first-order chi connectivity index (χ1) is 9.29. The lowest BCUT2D eigenvalue weighted by molar-refractivity contribution is 0.0265. The second-order valence-electron chi connectivity index (χ2n) is 4.85. The summed E-state index contributed by atoms with van der Waals surface area (Å²) in [6.45, 7) is 9.30. The average Bonchev–Trinajstić information content (AvgIpc) is 2.45. The molecule has 4 nitrogen and oxygen atoms in total. The van der Waals surface area contributed by atoms with Gasteiger partial charge in [-0.3, -0.25) is 0 Å². The molecule has 0 aromatic carbocycles. The van der Waals surface area contributed by atoms with Gasteiger partial charge in [-0.15, -0.1) is 0 Å². The molecular formula is C14H30O4Si. The maximum atomic E-state index is 6.12. The lowest BCUT2D eigenvalue weighted by atomic mass is 10.0. The maximum absolute atomic E-state index is 6.12. The van der Waals surface area contributed by atoms with Crippen molar-refractivity contribution >= 4 is 8.80 Å². The van der Waals surface area contributed by atoms with Crippen LogP contribution in [-0.2, 0) is 18.0 Å². The molecule has 1 fully saturated rings. The molecule has 0 radical (unpaired) electrons. The van der Waals surface area contributed by atoms with Crippen LogP contribution in [0.1, 0.15) is 52.9 Å². The molecule has 1 aliphatic carbocycles. The quantitative estimate of drug-likeness (QED) is 0.456. The first-order valence-electron chi connectivity index (χ1n) is 7.78. The molecule has 0 unspecified atom stereocenters. The maximum Gasteiger partial charge on any atom is 0.504 e. The predicted octanol–water partition coefficient (Wildman–Crippen LogP) is 3.39. The molecule has 0 saturated heterocycles. The molecule has 0 heterocycles. The summed E-state index contributed by atoms with van der Waals surface area (Å²) in [5.74, 6) is 0. The molecule has 1 rings (SSSR count). The standard InChI is InChI=1S/C14H30O4Si/c1-4-15-12-13-18-19(16-5-2,17-6-3)14-10-8-7-9-11-14/h14H,4-13H2,1-3H3. The molecule has 0 aromatic rings. The van der Waals surface area contributed by atoms with Crippen LogP contribution in [0, 0.1) is 0 Å². The highest BCUT2D eigenvalue weighted by Gasteiger charge is 2.49. The Morgan fingerprint density at radius 2 is 1.42 bits per heavy atom. The molecule has 19 heavy (non-hydrogen) atoms. The molecule has 0 aliphatic heterocycles. The van der Waals surface area contributed by atoms with E-state index in [-0.39, 0.29) is 0 Å². The highest BCUT2D eigenvalue weighted by molar-refractivity contribution is 6.62. The van der Waals surface area contributed by atoms with Gasteiger partial charge in [-0.25, -0.2) is 0 Å². The van der Waals surface area contributed by atoms with Crippen LogP contribution in [0.3, 0.4) is 0 Å². The smallest absolute Gasteiger partial charge is 0.379 e. The number of rotatable bonds is 10. The van der Waals surface area contributed by atoms with Crippen molar-refractivity contribution in [3.05, 3.63) is 0 Å². The monoisotopic (exact) mass is 290 g/mol. The summed E-state index contributed by atoms with van der Waals surface area (Å²) in [5, 5.41) is 0. The number of ether oxygens (including phenoxy) is 1. The molecule has 1 aliphatic rings. The first kappa shape index (κ1) is 17.1. The van der Waals surface area contributed by atoms with Crippen molar-refractivity contribution in [3.63, 3.8) is 0 Å². The van der Waals surface area contributed by atoms with Gasteiger partial charge in [-0.05, 0) is 33.6 Å². The predicted molar refractivity (Wildman–Crippen MR) is 78.3 cm³/mol. The van der Waals surface area contributed by atoms with Gasteiger partial charge in [0.2, 0.25) is 0 Å². The topological polar surface area (TPSA) is 36.9 Å². The third kappa shape index (κ3) is 5.51. The van der Waals surface area contributed by atoms with E-state index in [1.54, 1.807) is 0 Å². The third-order valence-corrected chi connectivity index (χ3v) is 7.10. The molecule has 0 atom stereocenters. The van der Waals surface area contributed by atoms with E-state index in [0.29, 0.717) is 32.0 Å².